The third kappa shape index (κ3) is 2.29. The van der Waals surface area contributed by atoms with Crippen molar-refractivity contribution in [2.45, 2.75) is 18.1 Å². The van der Waals surface area contributed by atoms with Crippen LogP contribution in [0.1, 0.15) is 12.8 Å². The summed E-state index contributed by atoms with van der Waals surface area (Å²) in [6.45, 7) is 0. The summed E-state index contributed by atoms with van der Waals surface area (Å²) < 4.78 is 21.6. The molecule has 0 heterocycles. The summed E-state index contributed by atoms with van der Waals surface area (Å²) in [6, 6.07) is 5.21. The Labute approximate surface area is 96.0 Å². The van der Waals surface area contributed by atoms with E-state index in [1.807, 2.05) is 0 Å². The molecule has 1 unspecified atom stereocenters. The van der Waals surface area contributed by atoms with E-state index in [-0.39, 0.29) is 5.25 Å². The lowest BCUT2D eigenvalue weighted by molar-refractivity contribution is 0.417. The number of rotatable bonds is 3. The molecule has 88 valence electrons. The Morgan fingerprint density at radius 1 is 1.50 bits per heavy atom. The lowest BCUT2D eigenvalue weighted by Crippen LogP contribution is -2.02. The molecule has 0 spiro atoms. The van der Waals surface area contributed by atoms with Crippen LogP contribution in [0, 0.1) is 0 Å². The van der Waals surface area contributed by atoms with Gasteiger partial charge in [-0.2, -0.15) is 4.36 Å². The molecule has 1 aliphatic carbocycles. The van der Waals surface area contributed by atoms with E-state index in [4.69, 9.17) is 10.5 Å². The van der Waals surface area contributed by atoms with Gasteiger partial charge in [0.05, 0.1) is 28.2 Å². The van der Waals surface area contributed by atoms with E-state index >= 15 is 0 Å². The van der Waals surface area contributed by atoms with Crippen molar-refractivity contribution in [1.82, 2.24) is 0 Å². The SMILES string of the molecule is COc1cc(N=S(C)(=O)C2CC2)ccc1N. The maximum Gasteiger partial charge on any atom is 0.143 e. The van der Waals surface area contributed by atoms with Gasteiger partial charge >= 0.3 is 0 Å². The molecule has 0 saturated heterocycles. The first-order chi connectivity index (χ1) is 7.53. The lowest BCUT2D eigenvalue weighted by atomic mass is 10.3. The van der Waals surface area contributed by atoms with Crippen LogP contribution in [0.25, 0.3) is 0 Å². The highest BCUT2D eigenvalue weighted by Gasteiger charge is 2.30. The van der Waals surface area contributed by atoms with Crippen molar-refractivity contribution in [2.75, 3.05) is 19.1 Å². The molecule has 5 heteroatoms. The Morgan fingerprint density at radius 3 is 2.75 bits per heavy atom. The molecule has 4 nitrogen and oxygen atoms in total. The van der Waals surface area contributed by atoms with Crippen molar-refractivity contribution in [1.29, 1.82) is 0 Å². The number of hydrogen-bond acceptors (Lipinski definition) is 4. The summed E-state index contributed by atoms with van der Waals surface area (Å²) in [5, 5.41) is 0.260. The van der Waals surface area contributed by atoms with Crippen molar-refractivity contribution in [3.8, 4) is 5.75 Å². The third-order valence-electron chi connectivity index (χ3n) is 2.65. The number of hydrogen-bond donors (Lipinski definition) is 1. The maximum absolute atomic E-state index is 12.2. The van der Waals surface area contributed by atoms with Gasteiger partial charge in [-0.3, -0.25) is 0 Å². The van der Waals surface area contributed by atoms with Gasteiger partial charge in [-0.1, -0.05) is 0 Å². The van der Waals surface area contributed by atoms with Crippen LogP contribution in [0.4, 0.5) is 11.4 Å². The molecule has 1 saturated carbocycles. The highest BCUT2D eigenvalue weighted by molar-refractivity contribution is 7.93. The zero-order valence-corrected chi connectivity index (χ0v) is 10.3. The van der Waals surface area contributed by atoms with Gasteiger partial charge in [0, 0.05) is 17.6 Å². The average Bonchev–Trinajstić information content (AvgIpc) is 3.04. The summed E-state index contributed by atoms with van der Waals surface area (Å²) in [4.78, 5) is 0. The van der Waals surface area contributed by atoms with Crippen molar-refractivity contribution < 1.29 is 8.95 Å². The molecule has 1 aromatic rings. The van der Waals surface area contributed by atoms with Crippen molar-refractivity contribution >= 4 is 21.1 Å². The number of nitrogens with zero attached hydrogens (tertiary/aromatic N) is 1. The molecule has 16 heavy (non-hydrogen) atoms. The van der Waals surface area contributed by atoms with Crippen LogP contribution >= 0.6 is 0 Å². The van der Waals surface area contributed by atoms with Crippen LogP contribution in [0.3, 0.4) is 0 Å². The fourth-order valence-electron chi connectivity index (χ4n) is 1.55. The minimum atomic E-state index is -2.10. The smallest absolute Gasteiger partial charge is 0.143 e. The van der Waals surface area contributed by atoms with Gasteiger partial charge in [-0.15, -0.1) is 0 Å². The second-order valence-electron chi connectivity index (χ2n) is 4.08. The fourth-order valence-corrected chi connectivity index (χ4v) is 3.24. The topological polar surface area (TPSA) is 64.7 Å². The number of anilines is 1. The average molecular weight is 240 g/mol. The Bertz CT molecular complexity index is 515. The Hall–Kier alpha value is -1.23. The summed E-state index contributed by atoms with van der Waals surface area (Å²) in [5.41, 5.74) is 6.93. The zero-order valence-electron chi connectivity index (χ0n) is 9.47. The maximum atomic E-state index is 12.2. The number of methoxy groups -OCH3 is 1. The molecular weight excluding hydrogens is 224 g/mol. The molecule has 1 aliphatic rings. The monoisotopic (exact) mass is 240 g/mol. The van der Waals surface area contributed by atoms with Crippen LogP contribution in [0.5, 0.6) is 5.75 Å². The Balaban J connectivity index is 2.38. The van der Waals surface area contributed by atoms with E-state index < -0.39 is 9.73 Å². The number of nitrogens with two attached hydrogens (primary N) is 1. The molecular formula is C11H16N2O2S. The largest absolute Gasteiger partial charge is 0.495 e. The first-order valence-corrected chi connectivity index (χ1v) is 7.16. The van der Waals surface area contributed by atoms with Crippen molar-refractivity contribution in [2.24, 2.45) is 4.36 Å². The van der Waals surface area contributed by atoms with Gasteiger partial charge in [-0.25, -0.2) is 4.21 Å². The first kappa shape index (κ1) is 11.3. The third-order valence-corrected chi connectivity index (χ3v) is 4.93. The van der Waals surface area contributed by atoms with Crippen LogP contribution in [0.15, 0.2) is 22.6 Å². The quantitative estimate of drug-likeness (QED) is 0.823. The molecule has 0 amide bonds. The van der Waals surface area contributed by atoms with Crippen LogP contribution < -0.4 is 10.5 Å². The molecule has 0 aliphatic heterocycles. The molecule has 1 fully saturated rings. The van der Waals surface area contributed by atoms with Crippen molar-refractivity contribution in [3.05, 3.63) is 18.2 Å². The van der Waals surface area contributed by atoms with E-state index in [1.165, 1.54) is 0 Å². The van der Waals surface area contributed by atoms with E-state index in [1.54, 1.807) is 31.6 Å². The molecule has 0 bridgehead atoms. The van der Waals surface area contributed by atoms with E-state index in [9.17, 15) is 4.21 Å². The van der Waals surface area contributed by atoms with Gasteiger partial charge in [0.25, 0.3) is 0 Å². The predicted octanol–water partition coefficient (Wildman–Crippen LogP) is 2.17. The van der Waals surface area contributed by atoms with E-state index in [0.29, 0.717) is 17.1 Å². The van der Waals surface area contributed by atoms with Crippen LogP contribution in [-0.2, 0) is 9.73 Å². The summed E-state index contributed by atoms with van der Waals surface area (Å²) >= 11 is 0. The highest BCUT2D eigenvalue weighted by atomic mass is 32.2. The molecule has 2 N–H and O–H groups in total. The number of benzene rings is 1. The molecule has 0 aromatic heterocycles. The molecule has 1 atom stereocenters. The van der Waals surface area contributed by atoms with Gasteiger partial charge in [-0.05, 0) is 25.0 Å². The standard InChI is InChI=1S/C11H16N2O2S/c1-15-11-7-8(3-6-10(11)12)13-16(2,14)9-4-5-9/h3,6-7,9H,4-5,12H2,1-2H3. The van der Waals surface area contributed by atoms with Crippen LogP contribution in [-0.4, -0.2) is 22.8 Å². The first-order valence-electron chi connectivity index (χ1n) is 5.17. The summed E-state index contributed by atoms with van der Waals surface area (Å²) in [6.07, 6.45) is 3.75. The van der Waals surface area contributed by atoms with E-state index in [0.717, 1.165) is 12.8 Å². The number of ether oxygens (including phenoxy) is 1. The van der Waals surface area contributed by atoms with Gasteiger partial charge in [0.2, 0.25) is 0 Å². The van der Waals surface area contributed by atoms with Gasteiger partial charge < -0.3 is 10.5 Å². The summed E-state index contributed by atoms with van der Waals surface area (Å²) in [7, 11) is -0.544. The van der Waals surface area contributed by atoms with Gasteiger partial charge in [0.1, 0.15) is 5.75 Å². The normalized spacial score (nSPS) is 18.9. The van der Waals surface area contributed by atoms with Crippen molar-refractivity contribution in [3.63, 3.8) is 0 Å². The molecule has 0 radical (unpaired) electrons. The highest BCUT2D eigenvalue weighted by Crippen LogP contribution is 2.33. The lowest BCUT2D eigenvalue weighted by Gasteiger charge is -2.06. The minimum Gasteiger partial charge on any atom is -0.495 e. The Kier molecular flexibility index (Phi) is 2.80. The van der Waals surface area contributed by atoms with E-state index in [2.05, 4.69) is 4.36 Å². The Morgan fingerprint density at radius 2 is 2.19 bits per heavy atom. The second kappa shape index (κ2) is 3.97. The molecule has 2 rings (SSSR count). The fraction of sp³-hybridized carbons (Fsp3) is 0.455. The predicted molar refractivity (Wildman–Crippen MR) is 66.6 cm³/mol. The van der Waals surface area contributed by atoms with Gasteiger partial charge in [0.15, 0.2) is 0 Å². The molecule has 1 aromatic carbocycles. The van der Waals surface area contributed by atoms with Crippen LogP contribution in [0.2, 0.25) is 0 Å². The number of nitrogen functional groups attached to an aromatic ring is 1. The second-order valence-corrected chi connectivity index (χ2v) is 6.65. The summed E-state index contributed by atoms with van der Waals surface area (Å²) in [5.74, 6) is 0.576. The minimum absolute atomic E-state index is 0.260. The zero-order chi connectivity index (χ0) is 11.8.